The van der Waals surface area contributed by atoms with Gasteiger partial charge in [-0.25, -0.2) is 13.1 Å². The van der Waals surface area contributed by atoms with Gasteiger partial charge in [0.05, 0.1) is 11.4 Å². The van der Waals surface area contributed by atoms with Gasteiger partial charge in [-0.1, -0.05) is 19.1 Å². The van der Waals surface area contributed by atoms with Gasteiger partial charge < -0.3 is 10.6 Å². The van der Waals surface area contributed by atoms with Crippen LogP contribution in [0.3, 0.4) is 0 Å². The fourth-order valence-electron chi connectivity index (χ4n) is 1.69. The van der Waals surface area contributed by atoms with Crippen LogP contribution < -0.4 is 15.4 Å². The summed E-state index contributed by atoms with van der Waals surface area (Å²) in [7, 11) is -2.20. The van der Waals surface area contributed by atoms with E-state index in [1.165, 1.54) is 19.2 Å². The van der Waals surface area contributed by atoms with Gasteiger partial charge in [0, 0.05) is 13.1 Å². The van der Waals surface area contributed by atoms with Crippen molar-refractivity contribution in [2.75, 3.05) is 20.1 Å². The average molecular weight is 299 g/mol. The van der Waals surface area contributed by atoms with Gasteiger partial charge in [-0.15, -0.1) is 0 Å². The second-order valence-corrected chi connectivity index (χ2v) is 6.11. The molecular formula is C13H21N3O3S. The number of hydrogen-bond donors (Lipinski definition) is 3. The Labute approximate surface area is 120 Å². The zero-order valence-electron chi connectivity index (χ0n) is 11.9. The standard InChI is InChI=1S/C13H21N3O3S/c1-4-15-10(2)11-5-7-12(8-6-11)20(18,19)16-9-13(17)14-3/h5-8,10,15-16H,4,9H2,1-3H3,(H,14,17). The third-order valence-corrected chi connectivity index (χ3v) is 4.32. The maximum absolute atomic E-state index is 12.0. The third-order valence-electron chi connectivity index (χ3n) is 2.90. The Bertz CT molecular complexity index is 540. The van der Waals surface area contributed by atoms with Crippen LogP contribution in [0.2, 0.25) is 0 Å². The van der Waals surface area contributed by atoms with Crippen LogP contribution in [0.15, 0.2) is 29.2 Å². The topological polar surface area (TPSA) is 87.3 Å². The molecule has 3 N–H and O–H groups in total. The Morgan fingerprint density at radius 1 is 1.25 bits per heavy atom. The summed E-state index contributed by atoms with van der Waals surface area (Å²) in [6.45, 7) is 4.60. The number of nitrogens with one attached hydrogen (secondary N) is 3. The lowest BCUT2D eigenvalue weighted by Gasteiger charge is -2.13. The molecule has 0 aromatic heterocycles. The lowest BCUT2D eigenvalue weighted by molar-refractivity contribution is -0.119. The van der Waals surface area contributed by atoms with E-state index in [2.05, 4.69) is 15.4 Å². The van der Waals surface area contributed by atoms with E-state index in [-0.39, 0.29) is 23.4 Å². The largest absolute Gasteiger partial charge is 0.358 e. The second-order valence-electron chi connectivity index (χ2n) is 4.35. The molecule has 0 saturated heterocycles. The van der Waals surface area contributed by atoms with Crippen molar-refractivity contribution >= 4 is 15.9 Å². The molecule has 1 atom stereocenters. The third kappa shape index (κ3) is 4.59. The summed E-state index contributed by atoms with van der Waals surface area (Å²) in [6.07, 6.45) is 0. The smallest absolute Gasteiger partial charge is 0.241 e. The molecule has 0 aliphatic rings. The highest BCUT2D eigenvalue weighted by molar-refractivity contribution is 7.89. The van der Waals surface area contributed by atoms with Crippen molar-refractivity contribution in [3.05, 3.63) is 29.8 Å². The van der Waals surface area contributed by atoms with E-state index in [9.17, 15) is 13.2 Å². The van der Waals surface area contributed by atoms with Gasteiger partial charge in [-0.2, -0.15) is 0 Å². The minimum atomic E-state index is -3.65. The van der Waals surface area contributed by atoms with Gasteiger partial charge in [0.2, 0.25) is 15.9 Å². The summed E-state index contributed by atoms with van der Waals surface area (Å²) in [5.74, 6) is -0.383. The van der Waals surface area contributed by atoms with Crippen LogP contribution in [0.5, 0.6) is 0 Å². The molecule has 1 aromatic rings. The van der Waals surface area contributed by atoms with Crippen molar-refractivity contribution in [2.24, 2.45) is 0 Å². The minimum Gasteiger partial charge on any atom is -0.358 e. The van der Waals surface area contributed by atoms with Gasteiger partial charge in [0.25, 0.3) is 0 Å². The molecule has 0 saturated carbocycles. The summed E-state index contributed by atoms with van der Waals surface area (Å²) >= 11 is 0. The van der Waals surface area contributed by atoms with Crippen LogP contribution in [-0.4, -0.2) is 34.5 Å². The summed E-state index contributed by atoms with van der Waals surface area (Å²) in [5, 5.41) is 5.60. The van der Waals surface area contributed by atoms with Gasteiger partial charge in [-0.05, 0) is 31.2 Å². The van der Waals surface area contributed by atoms with Crippen molar-refractivity contribution in [2.45, 2.75) is 24.8 Å². The molecule has 0 bridgehead atoms. The molecular weight excluding hydrogens is 278 g/mol. The number of carbonyl (C=O) groups is 1. The molecule has 1 rings (SSSR count). The minimum absolute atomic E-state index is 0.147. The van der Waals surface area contributed by atoms with Crippen LogP contribution in [0.4, 0.5) is 0 Å². The molecule has 1 unspecified atom stereocenters. The molecule has 0 aliphatic carbocycles. The first kappa shape index (κ1) is 16.6. The Hall–Kier alpha value is -1.44. The zero-order chi connectivity index (χ0) is 15.2. The van der Waals surface area contributed by atoms with E-state index in [0.29, 0.717) is 0 Å². The van der Waals surface area contributed by atoms with Gasteiger partial charge in [-0.3, -0.25) is 4.79 Å². The van der Waals surface area contributed by atoms with Crippen molar-refractivity contribution in [3.63, 3.8) is 0 Å². The molecule has 1 amide bonds. The van der Waals surface area contributed by atoms with Crippen LogP contribution in [0.25, 0.3) is 0 Å². The fourth-order valence-corrected chi connectivity index (χ4v) is 2.67. The Kier molecular flexibility index (Phi) is 6.12. The molecule has 7 heteroatoms. The fraction of sp³-hybridized carbons (Fsp3) is 0.462. The first-order valence-corrected chi connectivity index (χ1v) is 7.92. The Balaban J connectivity index is 2.79. The summed E-state index contributed by atoms with van der Waals surface area (Å²) in [4.78, 5) is 11.2. The van der Waals surface area contributed by atoms with Crippen molar-refractivity contribution in [1.82, 2.24) is 15.4 Å². The van der Waals surface area contributed by atoms with Crippen LogP contribution >= 0.6 is 0 Å². The van der Waals surface area contributed by atoms with Crippen molar-refractivity contribution < 1.29 is 13.2 Å². The second kappa shape index (κ2) is 7.37. The highest BCUT2D eigenvalue weighted by Gasteiger charge is 2.15. The molecule has 0 radical (unpaired) electrons. The molecule has 6 nitrogen and oxygen atoms in total. The van der Waals surface area contributed by atoms with E-state index < -0.39 is 10.0 Å². The quantitative estimate of drug-likeness (QED) is 0.679. The van der Waals surface area contributed by atoms with E-state index >= 15 is 0 Å². The maximum atomic E-state index is 12.0. The first-order chi connectivity index (χ1) is 9.40. The van der Waals surface area contributed by atoms with Crippen LogP contribution in [0, 0.1) is 0 Å². The molecule has 0 heterocycles. The number of carbonyl (C=O) groups excluding carboxylic acids is 1. The average Bonchev–Trinajstić information content (AvgIpc) is 2.45. The van der Waals surface area contributed by atoms with Crippen molar-refractivity contribution in [3.8, 4) is 0 Å². The Morgan fingerprint density at radius 2 is 1.85 bits per heavy atom. The normalized spacial score (nSPS) is 12.9. The number of amides is 1. The zero-order valence-corrected chi connectivity index (χ0v) is 12.8. The summed E-state index contributed by atoms with van der Waals surface area (Å²) in [6, 6.07) is 6.77. The molecule has 0 fully saturated rings. The van der Waals surface area contributed by atoms with E-state index in [0.717, 1.165) is 12.1 Å². The van der Waals surface area contributed by atoms with Gasteiger partial charge in [0.15, 0.2) is 0 Å². The van der Waals surface area contributed by atoms with Crippen LogP contribution in [-0.2, 0) is 14.8 Å². The number of likely N-dealkylation sites (N-methyl/N-ethyl adjacent to an activating group) is 1. The molecule has 20 heavy (non-hydrogen) atoms. The van der Waals surface area contributed by atoms with Crippen molar-refractivity contribution in [1.29, 1.82) is 0 Å². The molecule has 0 aliphatic heterocycles. The molecule has 0 spiro atoms. The number of benzene rings is 1. The molecule has 1 aromatic carbocycles. The first-order valence-electron chi connectivity index (χ1n) is 6.44. The van der Waals surface area contributed by atoms with E-state index in [1.807, 2.05) is 13.8 Å². The van der Waals surface area contributed by atoms with E-state index in [4.69, 9.17) is 0 Å². The summed E-state index contributed by atoms with van der Waals surface area (Å²) in [5.41, 5.74) is 1.01. The number of sulfonamides is 1. The number of rotatable bonds is 7. The lowest BCUT2D eigenvalue weighted by Crippen LogP contribution is -2.35. The highest BCUT2D eigenvalue weighted by Crippen LogP contribution is 2.15. The van der Waals surface area contributed by atoms with Crippen LogP contribution in [0.1, 0.15) is 25.5 Å². The molecule has 112 valence electrons. The van der Waals surface area contributed by atoms with Gasteiger partial charge >= 0.3 is 0 Å². The maximum Gasteiger partial charge on any atom is 0.241 e. The highest BCUT2D eigenvalue weighted by atomic mass is 32.2. The summed E-state index contributed by atoms with van der Waals surface area (Å²) < 4.78 is 26.1. The van der Waals surface area contributed by atoms with E-state index in [1.54, 1.807) is 12.1 Å². The predicted molar refractivity (Wildman–Crippen MR) is 77.8 cm³/mol. The predicted octanol–water partition coefficient (Wildman–Crippen LogP) is 0.381. The SMILES string of the molecule is CCNC(C)c1ccc(S(=O)(=O)NCC(=O)NC)cc1. The lowest BCUT2D eigenvalue weighted by atomic mass is 10.1. The number of hydrogen-bond acceptors (Lipinski definition) is 4. The van der Waals surface area contributed by atoms with Gasteiger partial charge in [0.1, 0.15) is 0 Å². The monoisotopic (exact) mass is 299 g/mol. The Morgan fingerprint density at radius 3 is 2.35 bits per heavy atom.